The van der Waals surface area contributed by atoms with Crippen LogP contribution in [0.5, 0.6) is 11.5 Å². The van der Waals surface area contributed by atoms with Gasteiger partial charge in [-0.3, -0.25) is 0 Å². The molecule has 0 heterocycles. The van der Waals surface area contributed by atoms with Gasteiger partial charge in [-0.25, -0.2) is 9.59 Å². The van der Waals surface area contributed by atoms with Gasteiger partial charge in [-0.1, -0.05) is 56.3 Å². The van der Waals surface area contributed by atoms with E-state index >= 15 is 0 Å². The van der Waals surface area contributed by atoms with Gasteiger partial charge in [-0.05, 0) is 46.9 Å². The quantitative estimate of drug-likeness (QED) is 0.579. The maximum absolute atomic E-state index is 11.5. The Kier molecular flexibility index (Phi) is 5.45. The fourth-order valence-corrected chi connectivity index (χ4v) is 2.92. The molecule has 142 valence electrons. The fourth-order valence-electron chi connectivity index (χ4n) is 2.92. The second-order valence-corrected chi connectivity index (χ2v) is 6.69. The molecule has 0 bridgehead atoms. The third kappa shape index (κ3) is 4.04. The van der Waals surface area contributed by atoms with Gasteiger partial charge in [-0.2, -0.15) is 0 Å². The number of benzene rings is 3. The van der Waals surface area contributed by atoms with Crippen LogP contribution < -0.4 is 4.74 Å². The summed E-state index contributed by atoms with van der Waals surface area (Å²) in [5, 5.41) is 18.6. The zero-order valence-corrected chi connectivity index (χ0v) is 15.5. The predicted molar refractivity (Wildman–Crippen MR) is 106 cm³/mol. The van der Waals surface area contributed by atoms with Crippen molar-refractivity contribution in [1.29, 1.82) is 0 Å². The van der Waals surface area contributed by atoms with Gasteiger partial charge in [0.15, 0.2) is 0 Å². The number of carbonyl (C=O) groups is 2. The third-order valence-corrected chi connectivity index (χ3v) is 4.46. The molecule has 0 radical (unpaired) electrons. The third-order valence-electron chi connectivity index (χ3n) is 4.46. The van der Waals surface area contributed by atoms with Crippen LogP contribution in [0.25, 0.3) is 11.1 Å². The maximum atomic E-state index is 11.5. The van der Waals surface area contributed by atoms with E-state index in [-0.39, 0.29) is 16.9 Å². The molecule has 5 nitrogen and oxygen atoms in total. The molecule has 3 aromatic rings. The minimum Gasteiger partial charge on any atom is -0.478 e. The number of rotatable bonds is 6. The van der Waals surface area contributed by atoms with Crippen molar-refractivity contribution in [2.24, 2.45) is 0 Å². The number of aromatic carboxylic acids is 2. The van der Waals surface area contributed by atoms with Gasteiger partial charge in [0.1, 0.15) is 17.1 Å². The van der Waals surface area contributed by atoms with Crippen molar-refractivity contribution < 1.29 is 24.5 Å². The molecule has 0 saturated heterocycles. The highest BCUT2D eigenvalue weighted by Crippen LogP contribution is 2.30. The monoisotopic (exact) mass is 376 g/mol. The average Bonchev–Trinajstić information content (AvgIpc) is 2.68. The fraction of sp³-hybridized carbons (Fsp3) is 0.130. The standard InChI is InChI=1S/C23H20O5/c1-14(2)15-6-8-16(9-7-15)17-10-12-18(13-11-17)28-20-5-3-4-19(22(24)25)21(20)23(26)27/h3-14H,1-2H3,(H,24,25)(H,26,27). The number of carboxylic acids is 2. The van der Waals surface area contributed by atoms with Crippen LogP contribution in [0.4, 0.5) is 0 Å². The van der Waals surface area contributed by atoms with Crippen LogP contribution in [0, 0.1) is 0 Å². The topological polar surface area (TPSA) is 83.8 Å². The first kappa shape index (κ1) is 19.2. The molecule has 0 aliphatic rings. The van der Waals surface area contributed by atoms with E-state index < -0.39 is 11.9 Å². The first-order valence-corrected chi connectivity index (χ1v) is 8.84. The summed E-state index contributed by atoms with van der Waals surface area (Å²) in [6, 6.07) is 19.7. The van der Waals surface area contributed by atoms with Crippen molar-refractivity contribution >= 4 is 11.9 Å². The van der Waals surface area contributed by atoms with Crippen LogP contribution in [0.2, 0.25) is 0 Å². The van der Waals surface area contributed by atoms with Crippen LogP contribution in [-0.2, 0) is 0 Å². The van der Waals surface area contributed by atoms with E-state index in [0.29, 0.717) is 11.7 Å². The average molecular weight is 376 g/mol. The zero-order chi connectivity index (χ0) is 20.3. The van der Waals surface area contributed by atoms with Crippen molar-refractivity contribution in [3.8, 4) is 22.6 Å². The Morgan fingerprint density at radius 1 is 0.786 bits per heavy atom. The Morgan fingerprint density at radius 3 is 1.86 bits per heavy atom. The maximum Gasteiger partial charge on any atom is 0.340 e. The number of carboxylic acid groups (broad SMARTS) is 2. The highest BCUT2D eigenvalue weighted by atomic mass is 16.5. The Bertz CT molecular complexity index is 1000. The van der Waals surface area contributed by atoms with E-state index in [2.05, 4.69) is 38.1 Å². The Hall–Kier alpha value is -3.60. The Balaban J connectivity index is 1.86. The first-order valence-electron chi connectivity index (χ1n) is 8.84. The second kappa shape index (κ2) is 7.96. The Labute approximate surface area is 162 Å². The summed E-state index contributed by atoms with van der Waals surface area (Å²) in [5.74, 6) is -1.79. The number of ether oxygens (including phenoxy) is 1. The van der Waals surface area contributed by atoms with Crippen LogP contribution >= 0.6 is 0 Å². The van der Waals surface area contributed by atoms with Gasteiger partial charge in [0.05, 0.1) is 5.56 Å². The molecule has 0 spiro atoms. The largest absolute Gasteiger partial charge is 0.478 e. The summed E-state index contributed by atoms with van der Waals surface area (Å²) >= 11 is 0. The first-order chi connectivity index (χ1) is 13.4. The molecule has 28 heavy (non-hydrogen) atoms. The normalized spacial score (nSPS) is 10.7. The van der Waals surface area contributed by atoms with Gasteiger partial charge >= 0.3 is 11.9 Å². The van der Waals surface area contributed by atoms with Crippen LogP contribution in [0.15, 0.2) is 66.7 Å². The molecule has 2 N–H and O–H groups in total. The smallest absolute Gasteiger partial charge is 0.340 e. The second-order valence-electron chi connectivity index (χ2n) is 6.69. The van der Waals surface area contributed by atoms with E-state index in [4.69, 9.17) is 4.74 Å². The van der Waals surface area contributed by atoms with Gasteiger partial charge in [0.2, 0.25) is 0 Å². The SMILES string of the molecule is CC(C)c1ccc(-c2ccc(Oc3cccc(C(=O)O)c3C(=O)O)cc2)cc1. The zero-order valence-electron chi connectivity index (χ0n) is 15.5. The molecule has 0 aliphatic carbocycles. The summed E-state index contributed by atoms with van der Waals surface area (Å²) in [7, 11) is 0. The van der Waals surface area contributed by atoms with E-state index in [0.717, 1.165) is 11.1 Å². The summed E-state index contributed by atoms with van der Waals surface area (Å²) in [6.45, 7) is 4.29. The van der Waals surface area contributed by atoms with E-state index in [1.807, 2.05) is 12.1 Å². The van der Waals surface area contributed by atoms with E-state index in [9.17, 15) is 19.8 Å². The van der Waals surface area contributed by atoms with Gasteiger partial charge < -0.3 is 14.9 Å². The van der Waals surface area contributed by atoms with E-state index in [1.165, 1.54) is 23.8 Å². The lowest BCUT2D eigenvalue weighted by Gasteiger charge is -2.11. The summed E-state index contributed by atoms with van der Waals surface area (Å²) in [4.78, 5) is 22.8. The molecule has 0 fully saturated rings. The number of hydrogen-bond donors (Lipinski definition) is 2. The molecular formula is C23H20O5. The highest BCUT2D eigenvalue weighted by molar-refractivity contribution is 6.03. The molecule has 3 rings (SSSR count). The Morgan fingerprint density at radius 2 is 1.36 bits per heavy atom. The van der Waals surface area contributed by atoms with E-state index in [1.54, 1.807) is 12.1 Å². The minimum atomic E-state index is -1.35. The molecule has 0 aromatic heterocycles. The minimum absolute atomic E-state index is 0.0126. The molecule has 0 saturated carbocycles. The molecule has 5 heteroatoms. The summed E-state index contributed by atoms with van der Waals surface area (Å²) in [5.41, 5.74) is 2.65. The van der Waals surface area contributed by atoms with Crippen LogP contribution in [0.1, 0.15) is 46.0 Å². The molecule has 0 unspecified atom stereocenters. The number of hydrogen-bond acceptors (Lipinski definition) is 3. The lowest BCUT2D eigenvalue weighted by atomic mass is 9.99. The van der Waals surface area contributed by atoms with Gasteiger partial charge in [-0.15, -0.1) is 0 Å². The van der Waals surface area contributed by atoms with Crippen molar-refractivity contribution in [1.82, 2.24) is 0 Å². The molecule has 0 aliphatic heterocycles. The van der Waals surface area contributed by atoms with Crippen LogP contribution in [-0.4, -0.2) is 22.2 Å². The van der Waals surface area contributed by atoms with Gasteiger partial charge in [0.25, 0.3) is 0 Å². The molecule has 3 aromatic carbocycles. The van der Waals surface area contributed by atoms with Gasteiger partial charge in [0, 0.05) is 0 Å². The summed E-state index contributed by atoms with van der Waals surface area (Å²) in [6.07, 6.45) is 0. The van der Waals surface area contributed by atoms with Crippen molar-refractivity contribution in [3.63, 3.8) is 0 Å². The molecule has 0 amide bonds. The van der Waals surface area contributed by atoms with Crippen molar-refractivity contribution in [2.45, 2.75) is 19.8 Å². The van der Waals surface area contributed by atoms with Crippen LogP contribution in [0.3, 0.4) is 0 Å². The highest BCUT2D eigenvalue weighted by Gasteiger charge is 2.21. The molecular weight excluding hydrogens is 356 g/mol. The predicted octanol–water partition coefficient (Wildman–Crippen LogP) is 5.67. The lowest BCUT2D eigenvalue weighted by molar-refractivity contribution is 0.0649. The molecule has 0 atom stereocenters. The lowest BCUT2D eigenvalue weighted by Crippen LogP contribution is -2.09. The van der Waals surface area contributed by atoms with Crippen molar-refractivity contribution in [2.75, 3.05) is 0 Å². The summed E-state index contributed by atoms with van der Waals surface area (Å²) < 4.78 is 5.66. The van der Waals surface area contributed by atoms with Crippen molar-refractivity contribution in [3.05, 3.63) is 83.4 Å².